The first kappa shape index (κ1) is 14.7. The molecule has 0 radical (unpaired) electrons. The zero-order valence-corrected chi connectivity index (χ0v) is 8.30. The van der Waals surface area contributed by atoms with Crippen molar-refractivity contribution in [2.24, 2.45) is 0 Å². The van der Waals surface area contributed by atoms with E-state index in [1.165, 1.54) is 0 Å². The maximum Gasteiger partial charge on any atom is 0.111 e. The zero-order valence-electron chi connectivity index (χ0n) is 8.30. The van der Waals surface area contributed by atoms with Crippen LogP contribution in [0.15, 0.2) is 0 Å². The smallest absolute Gasteiger partial charge is 0.111 e. The number of hydrogen-bond donors (Lipinski definition) is 7. The Hall–Kier alpha value is -0.280. The van der Waals surface area contributed by atoms with Gasteiger partial charge >= 0.3 is 0 Å². The quantitative estimate of drug-likeness (QED) is 0.224. The number of rotatable bonds is 0. The largest absolute Gasteiger partial charge is 0.397 e. The van der Waals surface area contributed by atoms with Crippen molar-refractivity contribution in [1.29, 1.82) is 0 Å². The Morgan fingerprint density at radius 1 is 0.600 bits per heavy atom. The molecule has 0 unspecified atom stereocenters. The number of aliphatic hydroxyl groups excluding tert-OH is 7. The molecule has 0 aromatic carbocycles. The molecule has 15 heavy (non-hydrogen) atoms. The summed E-state index contributed by atoms with van der Waals surface area (Å²) in [5, 5.41) is 61.4. The lowest BCUT2D eigenvalue weighted by Crippen LogP contribution is -2.63. The Kier molecular flexibility index (Phi) is 6.22. The van der Waals surface area contributed by atoms with E-state index >= 15 is 0 Å². The van der Waals surface area contributed by atoms with Gasteiger partial charge in [0.25, 0.3) is 0 Å². The van der Waals surface area contributed by atoms with Crippen LogP contribution in [0.3, 0.4) is 0 Å². The molecule has 7 heteroatoms. The van der Waals surface area contributed by atoms with Gasteiger partial charge in [0.15, 0.2) is 0 Å². The second kappa shape index (κ2) is 6.33. The van der Waals surface area contributed by atoms with Gasteiger partial charge in [-0.3, -0.25) is 0 Å². The van der Waals surface area contributed by atoms with Crippen molar-refractivity contribution in [3.63, 3.8) is 0 Å². The molecule has 1 saturated carbocycles. The molecule has 1 fully saturated rings. The Morgan fingerprint density at radius 3 is 0.733 bits per heavy atom. The predicted molar refractivity (Wildman–Crippen MR) is 48.8 cm³/mol. The van der Waals surface area contributed by atoms with Gasteiger partial charge in [-0.2, -0.15) is 0 Å². The highest BCUT2D eigenvalue weighted by atomic mass is 16.4. The summed E-state index contributed by atoms with van der Waals surface area (Å²) in [6.45, 7) is 1.93. The van der Waals surface area contributed by atoms with Gasteiger partial charge < -0.3 is 35.7 Å². The summed E-state index contributed by atoms with van der Waals surface area (Å²) in [5.41, 5.74) is 0. The summed E-state index contributed by atoms with van der Waals surface area (Å²) >= 11 is 0. The van der Waals surface area contributed by atoms with E-state index in [0.29, 0.717) is 0 Å². The molecule has 7 N–H and O–H groups in total. The van der Waals surface area contributed by atoms with Crippen LogP contribution in [0.2, 0.25) is 0 Å². The Bertz CT molecular complexity index is 118. The summed E-state index contributed by atoms with van der Waals surface area (Å²) in [5.74, 6) is 0. The molecule has 0 heterocycles. The minimum atomic E-state index is -1.64. The lowest BCUT2D eigenvalue weighted by atomic mass is 9.85. The topological polar surface area (TPSA) is 142 Å². The molecule has 0 amide bonds. The maximum absolute atomic E-state index is 8.97. The van der Waals surface area contributed by atoms with Crippen LogP contribution in [0.25, 0.3) is 0 Å². The van der Waals surface area contributed by atoms with Crippen molar-refractivity contribution in [2.45, 2.75) is 43.5 Å². The highest BCUT2D eigenvalue weighted by molar-refractivity contribution is 4.98. The summed E-state index contributed by atoms with van der Waals surface area (Å²) in [4.78, 5) is 0. The third-order valence-electron chi connectivity index (χ3n) is 2.10. The Labute approximate surface area is 86.9 Å². The molecule has 1 rings (SSSR count). The van der Waals surface area contributed by atoms with E-state index in [-0.39, 0.29) is 6.61 Å². The second-order valence-electron chi connectivity index (χ2n) is 3.26. The molecule has 0 bridgehead atoms. The average Bonchev–Trinajstić information content (AvgIpc) is 2.22. The Morgan fingerprint density at radius 2 is 0.667 bits per heavy atom. The molecule has 7 nitrogen and oxygen atoms in total. The van der Waals surface area contributed by atoms with Gasteiger partial charge in [-0.05, 0) is 6.92 Å². The van der Waals surface area contributed by atoms with Crippen molar-refractivity contribution in [3.05, 3.63) is 0 Å². The molecular weight excluding hydrogens is 208 g/mol. The van der Waals surface area contributed by atoms with E-state index in [1.54, 1.807) is 6.92 Å². The third-order valence-corrected chi connectivity index (χ3v) is 2.10. The van der Waals surface area contributed by atoms with Crippen LogP contribution in [0, 0.1) is 0 Å². The molecule has 0 spiro atoms. The van der Waals surface area contributed by atoms with E-state index in [0.717, 1.165) is 0 Å². The Balaban J connectivity index is 0.000000583. The molecule has 0 aliphatic heterocycles. The maximum atomic E-state index is 8.97. The van der Waals surface area contributed by atoms with Crippen LogP contribution in [0.5, 0.6) is 0 Å². The molecule has 0 aromatic rings. The van der Waals surface area contributed by atoms with E-state index in [4.69, 9.17) is 35.7 Å². The summed E-state index contributed by atoms with van der Waals surface area (Å²) in [7, 11) is 0. The van der Waals surface area contributed by atoms with Gasteiger partial charge in [0.1, 0.15) is 36.6 Å². The standard InChI is InChI=1S/C6H12O6.C2H6O/c7-1-2(8)4(10)6(12)5(11)3(1)9;1-2-3/h1-12H;3H,2H2,1H3/t1-,2-,3-,4+,5-,6-;. The van der Waals surface area contributed by atoms with Crippen LogP contribution in [-0.2, 0) is 0 Å². The molecular formula is C8H18O7. The lowest BCUT2D eigenvalue weighted by Gasteiger charge is -2.39. The van der Waals surface area contributed by atoms with Gasteiger partial charge in [-0.25, -0.2) is 0 Å². The number of hydrogen-bond acceptors (Lipinski definition) is 7. The van der Waals surface area contributed by atoms with Crippen molar-refractivity contribution < 1.29 is 35.7 Å². The molecule has 92 valence electrons. The summed E-state index contributed by atoms with van der Waals surface area (Å²) in [6, 6.07) is 0. The van der Waals surface area contributed by atoms with Crippen LogP contribution in [-0.4, -0.2) is 79.0 Å². The van der Waals surface area contributed by atoms with Crippen LogP contribution >= 0.6 is 0 Å². The van der Waals surface area contributed by atoms with E-state index in [9.17, 15) is 0 Å². The van der Waals surface area contributed by atoms with Gasteiger partial charge in [0.05, 0.1) is 0 Å². The van der Waals surface area contributed by atoms with E-state index < -0.39 is 36.6 Å². The van der Waals surface area contributed by atoms with Crippen molar-refractivity contribution in [3.8, 4) is 0 Å². The van der Waals surface area contributed by atoms with E-state index in [1.807, 2.05) is 0 Å². The van der Waals surface area contributed by atoms with Crippen LogP contribution in [0.4, 0.5) is 0 Å². The summed E-state index contributed by atoms with van der Waals surface area (Å²) in [6.07, 6.45) is -9.84. The molecule has 1 aliphatic carbocycles. The highest BCUT2D eigenvalue weighted by Gasteiger charge is 2.47. The fourth-order valence-corrected chi connectivity index (χ4v) is 1.21. The lowest BCUT2D eigenvalue weighted by molar-refractivity contribution is -0.223. The van der Waals surface area contributed by atoms with Crippen LogP contribution < -0.4 is 0 Å². The predicted octanol–water partition coefficient (Wildman–Crippen LogP) is -3.84. The van der Waals surface area contributed by atoms with E-state index in [2.05, 4.69) is 0 Å². The first-order valence-corrected chi connectivity index (χ1v) is 4.57. The first-order chi connectivity index (χ1) is 6.88. The fourth-order valence-electron chi connectivity index (χ4n) is 1.21. The fraction of sp³-hybridized carbons (Fsp3) is 1.00. The third kappa shape index (κ3) is 3.35. The molecule has 0 aromatic heterocycles. The SMILES string of the molecule is CCO.O[C@H]1[C@H](O)[C@@H](O)[C@H](O)[C@@H](O)[C@H]1O. The summed E-state index contributed by atoms with van der Waals surface area (Å²) < 4.78 is 0. The first-order valence-electron chi connectivity index (χ1n) is 4.57. The van der Waals surface area contributed by atoms with Gasteiger partial charge in [-0.1, -0.05) is 0 Å². The monoisotopic (exact) mass is 226 g/mol. The minimum absolute atomic E-state index is 0.250. The zero-order chi connectivity index (χ0) is 12.2. The minimum Gasteiger partial charge on any atom is -0.397 e. The van der Waals surface area contributed by atoms with Gasteiger partial charge in [-0.15, -0.1) is 0 Å². The molecule has 0 saturated heterocycles. The van der Waals surface area contributed by atoms with Crippen LogP contribution in [0.1, 0.15) is 6.92 Å². The second-order valence-corrected chi connectivity index (χ2v) is 3.26. The average molecular weight is 226 g/mol. The molecule has 0 atom stereocenters. The number of aliphatic hydroxyl groups is 7. The molecule has 1 aliphatic rings. The van der Waals surface area contributed by atoms with Crippen molar-refractivity contribution in [1.82, 2.24) is 0 Å². The highest BCUT2D eigenvalue weighted by Crippen LogP contribution is 2.20. The normalized spacial score (nSPS) is 45.6. The van der Waals surface area contributed by atoms with Gasteiger partial charge in [0.2, 0.25) is 0 Å². The van der Waals surface area contributed by atoms with Crippen molar-refractivity contribution >= 4 is 0 Å². The van der Waals surface area contributed by atoms with Gasteiger partial charge in [0, 0.05) is 6.61 Å². The van der Waals surface area contributed by atoms with Crippen molar-refractivity contribution in [2.75, 3.05) is 6.61 Å².